The molecule has 100 valence electrons. The van der Waals surface area contributed by atoms with Gasteiger partial charge < -0.3 is 15.6 Å². The number of hydrogen-bond donors (Lipinski definition) is 3. The van der Waals surface area contributed by atoms with Crippen molar-refractivity contribution < 1.29 is 0 Å². The van der Waals surface area contributed by atoms with Crippen LogP contribution in [0.15, 0.2) is 30.6 Å². The fourth-order valence-electron chi connectivity index (χ4n) is 1.82. The van der Waals surface area contributed by atoms with Gasteiger partial charge >= 0.3 is 0 Å². The quantitative estimate of drug-likeness (QED) is 0.574. The van der Waals surface area contributed by atoms with Crippen molar-refractivity contribution >= 4 is 23.0 Å². The van der Waals surface area contributed by atoms with Crippen molar-refractivity contribution in [2.24, 2.45) is 5.84 Å². The molecular weight excluding hydrogens is 240 g/mol. The van der Waals surface area contributed by atoms with Gasteiger partial charge in [0.05, 0.1) is 11.4 Å². The first-order valence-corrected chi connectivity index (χ1v) is 5.95. The lowest BCUT2D eigenvalue weighted by Crippen LogP contribution is -2.13. The number of aromatic nitrogens is 2. The zero-order chi connectivity index (χ0) is 13.8. The molecule has 2 aromatic rings. The number of nitrogens with two attached hydrogens (primary N) is 1. The molecule has 0 fully saturated rings. The minimum absolute atomic E-state index is 0.611. The highest BCUT2D eigenvalue weighted by Gasteiger charge is 2.09. The molecule has 0 saturated carbocycles. The lowest BCUT2D eigenvalue weighted by atomic mass is 10.2. The van der Waals surface area contributed by atoms with E-state index in [1.165, 1.54) is 6.33 Å². The molecule has 0 bridgehead atoms. The normalized spacial score (nSPS) is 10.1. The van der Waals surface area contributed by atoms with Crippen LogP contribution in [0.2, 0.25) is 0 Å². The van der Waals surface area contributed by atoms with Crippen LogP contribution in [0.5, 0.6) is 0 Å². The molecule has 0 aliphatic carbocycles. The number of para-hydroxylation sites is 2. The summed E-state index contributed by atoms with van der Waals surface area (Å²) in [6.45, 7) is 1.91. The first kappa shape index (κ1) is 13.1. The fourth-order valence-corrected chi connectivity index (χ4v) is 1.82. The number of nitrogens with zero attached hydrogens (tertiary/aromatic N) is 3. The molecule has 0 aliphatic heterocycles. The lowest BCUT2D eigenvalue weighted by Gasteiger charge is -2.19. The van der Waals surface area contributed by atoms with Gasteiger partial charge in [-0.05, 0) is 19.1 Å². The van der Waals surface area contributed by atoms with Crippen LogP contribution in [0, 0.1) is 6.92 Å². The van der Waals surface area contributed by atoms with Crippen LogP contribution < -0.4 is 21.5 Å². The van der Waals surface area contributed by atoms with Crippen molar-refractivity contribution in [3.05, 3.63) is 36.2 Å². The maximum absolute atomic E-state index is 5.41. The molecule has 0 aliphatic rings. The van der Waals surface area contributed by atoms with Crippen LogP contribution in [0.4, 0.5) is 23.0 Å². The molecule has 2 rings (SSSR count). The maximum Gasteiger partial charge on any atom is 0.148 e. The number of nitrogens with one attached hydrogen (secondary N) is 2. The van der Waals surface area contributed by atoms with Gasteiger partial charge in [0.25, 0.3) is 0 Å². The third-order valence-corrected chi connectivity index (χ3v) is 2.86. The summed E-state index contributed by atoms with van der Waals surface area (Å²) in [5.41, 5.74) is 5.50. The molecule has 4 N–H and O–H groups in total. The van der Waals surface area contributed by atoms with E-state index in [4.69, 9.17) is 5.84 Å². The van der Waals surface area contributed by atoms with Gasteiger partial charge in [-0.15, -0.1) is 0 Å². The van der Waals surface area contributed by atoms with Crippen molar-refractivity contribution in [3.63, 3.8) is 0 Å². The molecule has 6 heteroatoms. The fraction of sp³-hybridized carbons (Fsp3) is 0.231. The minimum atomic E-state index is 0.611. The van der Waals surface area contributed by atoms with E-state index >= 15 is 0 Å². The first-order chi connectivity index (χ1) is 9.13. The predicted molar refractivity (Wildman–Crippen MR) is 78.6 cm³/mol. The van der Waals surface area contributed by atoms with Gasteiger partial charge in [-0.3, -0.25) is 0 Å². The molecule has 19 heavy (non-hydrogen) atoms. The Labute approximate surface area is 112 Å². The largest absolute Gasteiger partial charge is 0.376 e. The summed E-state index contributed by atoms with van der Waals surface area (Å²) < 4.78 is 0. The van der Waals surface area contributed by atoms with Gasteiger partial charge in [0, 0.05) is 19.7 Å². The van der Waals surface area contributed by atoms with Crippen molar-refractivity contribution in [3.8, 4) is 0 Å². The number of rotatable bonds is 4. The standard InChI is InChI=1S/C13H18N6/c1-9-12(15-8-16-13(9)18-14)17-10-6-4-5-7-11(10)19(2)3/h4-8H,14H2,1-3H3,(H2,15,16,17,18). The monoisotopic (exact) mass is 258 g/mol. The topological polar surface area (TPSA) is 79.1 Å². The molecular formula is C13H18N6. The molecule has 1 heterocycles. The summed E-state index contributed by atoms with van der Waals surface area (Å²) in [7, 11) is 4.00. The van der Waals surface area contributed by atoms with Gasteiger partial charge in [-0.1, -0.05) is 12.1 Å². The van der Waals surface area contributed by atoms with Crippen molar-refractivity contribution in [2.45, 2.75) is 6.92 Å². The third-order valence-electron chi connectivity index (χ3n) is 2.86. The summed E-state index contributed by atoms with van der Waals surface area (Å²) in [6.07, 6.45) is 1.48. The summed E-state index contributed by atoms with van der Waals surface area (Å²) >= 11 is 0. The van der Waals surface area contributed by atoms with E-state index in [1.54, 1.807) is 0 Å². The van der Waals surface area contributed by atoms with Crippen molar-refractivity contribution in [1.82, 2.24) is 9.97 Å². The Balaban J connectivity index is 2.37. The molecule has 0 amide bonds. The number of nitrogen functional groups attached to an aromatic ring is 1. The minimum Gasteiger partial charge on any atom is -0.376 e. The zero-order valence-electron chi connectivity index (χ0n) is 11.3. The van der Waals surface area contributed by atoms with Gasteiger partial charge in [-0.2, -0.15) is 0 Å². The first-order valence-electron chi connectivity index (χ1n) is 5.95. The van der Waals surface area contributed by atoms with E-state index in [1.807, 2.05) is 50.2 Å². The number of hydrazine groups is 1. The second kappa shape index (κ2) is 5.53. The van der Waals surface area contributed by atoms with Crippen LogP contribution in [0.25, 0.3) is 0 Å². The average Bonchev–Trinajstić information content (AvgIpc) is 2.41. The van der Waals surface area contributed by atoms with Gasteiger partial charge in [0.1, 0.15) is 18.0 Å². The summed E-state index contributed by atoms with van der Waals surface area (Å²) in [5, 5.41) is 3.31. The second-order valence-electron chi connectivity index (χ2n) is 4.38. The predicted octanol–water partition coefficient (Wildman–Crippen LogP) is 1.88. The molecule has 6 nitrogen and oxygen atoms in total. The molecule has 0 saturated heterocycles. The highest BCUT2D eigenvalue weighted by molar-refractivity contribution is 5.75. The highest BCUT2D eigenvalue weighted by atomic mass is 15.3. The van der Waals surface area contributed by atoms with E-state index < -0.39 is 0 Å². The Morgan fingerprint density at radius 2 is 1.79 bits per heavy atom. The number of anilines is 4. The number of benzene rings is 1. The average molecular weight is 258 g/mol. The van der Waals surface area contributed by atoms with Crippen molar-refractivity contribution in [2.75, 3.05) is 29.7 Å². The molecule has 1 aromatic carbocycles. The molecule has 0 spiro atoms. The van der Waals surface area contributed by atoms with Crippen LogP contribution in [-0.2, 0) is 0 Å². The Morgan fingerprint density at radius 3 is 2.47 bits per heavy atom. The number of hydrogen-bond acceptors (Lipinski definition) is 6. The van der Waals surface area contributed by atoms with E-state index in [0.29, 0.717) is 5.82 Å². The zero-order valence-corrected chi connectivity index (χ0v) is 11.3. The molecule has 0 atom stereocenters. The van der Waals surface area contributed by atoms with Gasteiger partial charge in [0.15, 0.2) is 0 Å². The van der Waals surface area contributed by atoms with Crippen LogP contribution in [-0.4, -0.2) is 24.1 Å². The summed E-state index contributed by atoms with van der Waals surface area (Å²) in [5.74, 6) is 6.76. The SMILES string of the molecule is Cc1c(NN)ncnc1Nc1ccccc1N(C)C. The van der Waals surface area contributed by atoms with Gasteiger partial charge in [-0.25, -0.2) is 15.8 Å². The van der Waals surface area contributed by atoms with Gasteiger partial charge in [0.2, 0.25) is 0 Å². The van der Waals surface area contributed by atoms with Crippen LogP contribution in [0.1, 0.15) is 5.56 Å². The van der Waals surface area contributed by atoms with E-state index in [-0.39, 0.29) is 0 Å². The van der Waals surface area contributed by atoms with E-state index in [0.717, 1.165) is 22.8 Å². The Hall–Kier alpha value is -2.34. The van der Waals surface area contributed by atoms with Crippen molar-refractivity contribution in [1.29, 1.82) is 0 Å². The Bertz CT molecular complexity index is 567. The molecule has 0 unspecified atom stereocenters. The summed E-state index contributed by atoms with van der Waals surface area (Å²) in [6, 6.07) is 8.03. The van der Waals surface area contributed by atoms with Crippen LogP contribution in [0.3, 0.4) is 0 Å². The summed E-state index contributed by atoms with van der Waals surface area (Å²) in [4.78, 5) is 10.3. The molecule has 1 aromatic heterocycles. The maximum atomic E-state index is 5.41. The van der Waals surface area contributed by atoms with E-state index in [2.05, 4.69) is 20.7 Å². The molecule has 0 radical (unpaired) electrons. The smallest absolute Gasteiger partial charge is 0.148 e. The Morgan fingerprint density at radius 1 is 1.11 bits per heavy atom. The third kappa shape index (κ3) is 2.74. The Kier molecular flexibility index (Phi) is 3.82. The van der Waals surface area contributed by atoms with Crippen LogP contribution >= 0.6 is 0 Å². The van der Waals surface area contributed by atoms with E-state index in [9.17, 15) is 0 Å². The highest BCUT2D eigenvalue weighted by Crippen LogP contribution is 2.28. The lowest BCUT2D eigenvalue weighted by molar-refractivity contribution is 1.10. The second-order valence-corrected chi connectivity index (χ2v) is 4.38.